The maximum atomic E-state index is 13.4. The molecule has 11 nitrogen and oxygen atoms in total. The lowest BCUT2D eigenvalue weighted by Gasteiger charge is -2.58. The summed E-state index contributed by atoms with van der Waals surface area (Å²) < 4.78 is 30.8. The van der Waals surface area contributed by atoms with Gasteiger partial charge in [0, 0.05) is 37.2 Å². The Kier molecular flexibility index (Phi) is 14.4. The summed E-state index contributed by atoms with van der Waals surface area (Å²) in [6, 6.07) is 10.7. The zero-order chi connectivity index (χ0) is 38.9. The van der Waals surface area contributed by atoms with Gasteiger partial charge in [0.15, 0.2) is 0 Å². The highest BCUT2D eigenvalue weighted by atomic mass is 32.2. The topological polar surface area (TPSA) is 137 Å². The number of benzene rings is 2. The molecule has 1 saturated carbocycles. The van der Waals surface area contributed by atoms with Gasteiger partial charge in [-0.25, -0.2) is 4.79 Å². The van der Waals surface area contributed by atoms with Crippen LogP contribution in [0.25, 0.3) is 0 Å². The number of aliphatic hydroxyl groups is 2. The molecule has 2 aliphatic carbocycles. The van der Waals surface area contributed by atoms with Crippen LogP contribution in [0.5, 0.6) is 23.0 Å². The molecular weight excluding hydrogens is 709 g/mol. The van der Waals surface area contributed by atoms with E-state index in [1.807, 2.05) is 32.9 Å². The van der Waals surface area contributed by atoms with Gasteiger partial charge in [0.05, 0.1) is 43.4 Å². The number of allylic oxidation sites excluding steroid dienone is 1. The number of hydrogen-bond acceptors (Lipinski definition) is 11. The number of oxime groups is 1. The van der Waals surface area contributed by atoms with Gasteiger partial charge in [0.2, 0.25) is 5.79 Å². The highest BCUT2D eigenvalue weighted by Gasteiger charge is 2.64. The van der Waals surface area contributed by atoms with Gasteiger partial charge in [-0.1, -0.05) is 37.1 Å². The van der Waals surface area contributed by atoms with E-state index in [2.05, 4.69) is 24.9 Å². The van der Waals surface area contributed by atoms with Crippen molar-refractivity contribution in [1.29, 1.82) is 0 Å². The number of thioether (sulfide) groups is 1. The van der Waals surface area contributed by atoms with Gasteiger partial charge in [0.1, 0.15) is 28.6 Å². The van der Waals surface area contributed by atoms with Crippen molar-refractivity contribution in [1.82, 2.24) is 0 Å². The summed E-state index contributed by atoms with van der Waals surface area (Å²) in [5, 5.41) is 27.1. The number of aliphatic hydroxyl groups excluding tert-OH is 2. The molecule has 1 fully saturated rings. The van der Waals surface area contributed by atoms with Gasteiger partial charge in [-0.3, -0.25) is 5.32 Å². The summed E-state index contributed by atoms with van der Waals surface area (Å²) >= 11 is 1.79. The van der Waals surface area contributed by atoms with Crippen molar-refractivity contribution in [2.24, 2.45) is 22.9 Å². The number of amides is 1. The summed E-state index contributed by atoms with van der Waals surface area (Å²) in [5.74, 6) is 1.74. The summed E-state index contributed by atoms with van der Waals surface area (Å²) in [4.78, 5) is 19.5. The fraction of sp³-hybridized carbons (Fsp3) is 0.571. The fourth-order valence-corrected chi connectivity index (χ4v) is 9.25. The minimum Gasteiger partial charge on any atom is -0.497 e. The van der Waals surface area contributed by atoms with E-state index in [1.165, 1.54) is 7.11 Å². The Balaban J connectivity index is 1.64. The van der Waals surface area contributed by atoms with Crippen LogP contribution in [0.15, 0.2) is 65.9 Å². The van der Waals surface area contributed by atoms with Crippen molar-refractivity contribution in [2.45, 2.75) is 95.2 Å². The minimum atomic E-state index is -1.05. The number of unbranched alkanes of at least 4 members (excludes halogenated alkanes) is 2. The molecule has 0 radical (unpaired) electrons. The van der Waals surface area contributed by atoms with E-state index in [1.54, 1.807) is 49.2 Å². The molecule has 1 amide bonds. The molecule has 3 N–H and O–H groups in total. The average molecular weight is 767 g/mol. The number of nitrogens with one attached hydrogen (secondary N) is 1. The van der Waals surface area contributed by atoms with Crippen LogP contribution in [0.2, 0.25) is 0 Å². The molecule has 6 unspecified atom stereocenters. The normalized spacial score (nSPS) is 25.1. The molecule has 54 heavy (non-hydrogen) atoms. The predicted octanol–water partition coefficient (Wildman–Crippen LogP) is 8.50. The zero-order valence-electron chi connectivity index (χ0n) is 32.6. The third-order valence-electron chi connectivity index (χ3n) is 10.3. The number of carbonyl (C=O) groups excluding carboxylic acids is 1. The fourth-order valence-electron chi connectivity index (χ4n) is 8.08. The standard InChI is InChI=1S/C42H58N2O9S/c1-8-22-50-42-37(54-9-2)26-34(44-53-41(3,4)5)31-23-27(14-10-12-20-45)30(15-11-13-21-46)38(39(31)42)32-24-29(17-19-35(32)52-42)51-40(47)43-33-18-16-28(48-6)25-36(33)49-7/h8,16-19,23-25,27,30,37-39,45-46H,1,9-15,20-22,26H2,2-7H3,(H,43,47). The first kappa shape index (κ1) is 41.5. The van der Waals surface area contributed by atoms with Crippen LogP contribution in [-0.2, 0) is 9.57 Å². The highest BCUT2D eigenvalue weighted by Crippen LogP contribution is 2.62. The molecule has 3 aliphatic rings. The number of rotatable bonds is 18. The van der Waals surface area contributed by atoms with E-state index >= 15 is 0 Å². The number of methoxy groups -OCH3 is 2. The Hall–Kier alpha value is -3.71. The number of nitrogens with zero attached hydrogens (tertiary/aromatic N) is 1. The molecule has 12 heteroatoms. The highest BCUT2D eigenvalue weighted by molar-refractivity contribution is 8.00. The Bertz CT molecular complexity index is 1660. The maximum absolute atomic E-state index is 13.4. The molecule has 296 valence electrons. The molecule has 0 aromatic heterocycles. The number of ether oxygens (including phenoxy) is 5. The van der Waals surface area contributed by atoms with Crippen molar-refractivity contribution < 1.29 is 43.5 Å². The third-order valence-corrected chi connectivity index (χ3v) is 11.5. The van der Waals surface area contributed by atoms with E-state index in [0.29, 0.717) is 54.6 Å². The second-order valence-electron chi connectivity index (χ2n) is 15.0. The lowest BCUT2D eigenvalue weighted by molar-refractivity contribution is -0.223. The van der Waals surface area contributed by atoms with Crippen molar-refractivity contribution >= 4 is 29.3 Å². The van der Waals surface area contributed by atoms with Crippen LogP contribution in [0.1, 0.15) is 84.1 Å². The molecule has 0 saturated heterocycles. The Morgan fingerprint density at radius 2 is 1.80 bits per heavy atom. The van der Waals surface area contributed by atoms with Crippen LogP contribution < -0.4 is 24.3 Å². The summed E-state index contributed by atoms with van der Waals surface area (Å²) in [6.07, 6.45) is 8.87. The summed E-state index contributed by atoms with van der Waals surface area (Å²) in [6.45, 7) is 12.6. The van der Waals surface area contributed by atoms with Crippen molar-refractivity contribution in [3.05, 3.63) is 66.3 Å². The first-order valence-electron chi connectivity index (χ1n) is 19.1. The van der Waals surface area contributed by atoms with Gasteiger partial charge in [-0.2, -0.15) is 11.8 Å². The van der Waals surface area contributed by atoms with Crippen molar-refractivity contribution in [3.63, 3.8) is 0 Å². The SMILES string of the molecule is C=CCOC12Oc3ccc(OC(=O)Nc4ccc(OC)cc4OC)cc3C3C(CCCCO)C(CCCCO)C=C(C(=NOC(C)(C)C)CC1SCC)C32. The molecular formula is C42H58N2O9S. The molecule has 1 aliphatic heterocycles. The van der Waals surface area contributed by atoms with Gasteiger partial charge in [-0.15, -0.1) is 6.58 Å². The molecule has 0 spiro atoms. The van der Waals surface area contributed by atoms with Crippen LogP contribution in [0.3, 0.4) is 0 Å². The van der Waals surface area contributed by atoms with Gasteiger partial charge >= 0.3 is 6.09 Å². The zero-order valence-corrected chi connectivity index (χ0v) is 33.4. The molecule has 2 aromatic rings. The number of carbonyl (C=O) groups is 1. The second-order valence-corrected chi connectivity index (χ2v) is 16.5. The van der Waals surface area contributed by atoms with Gasteiger partial charge < -0.3 is 38.7 Å². The third kappa shape index (κ3) is 9.38. The Morgan fingerprint density at radius 1 is 1.06 bits per heavy atom. The molecule has 5 rings (SSSR count). The van der Waals surface area contributed by atoms with Crippen molar-refractivity contribution in [3.8, 4) is 23.0 Å². The second kappa shape index (κ2) is 18.8. The molecule has 0 bridgehead atoms. The van der Waals surface area contributed by atoms with Gasteiger partial charge in [-0.05, 0) is 99.9 Å². The van der Waals surface area contributed by atoms with Crippen LogP contribution >= 0.6 is 11.8 Å². The quantitative estimate of drug-likeness (QED) is 0.0770. The maximum Gasteiger partial charge on any atom is 0.417 e. The van der Waals surface area contributed by atoms with E-state index in [9.17, 15) is 15.0 Å². The smallest absolute Gasteiger partial charge is 0.417 e. The summed E-state index contributed by atoms with van der Waals surface area (Å²) in [5.41, 5.74) is 2.81. The Morgan fingerprint density at radius 3 is 2.46 bits per heavy atom. The minimum absolute atomic E-state index is 0.116. The van der Waals surface area contributed by atoms with E-state index < -0.39 is 17.5 Å². The van der Waals surface area contributed by atoms with E-state index in [-0.39, 0.29) is 42.1 Å². The number of hydrogen-bond donors (Lipinski definition) is 3. The molecule has 1 heterocycles. The van der Waals surface area contributed by atoms with Gasteiger partial charge in [0.25, 0.3) is 0 Å². The van der Waals surface area contributed by atoms with E-state index in [0.717, 1.165) is 48.3 Å². The van der Waals surface area contributed by atoms with Crippen LogP contribution in [0, 0.1) is 17.8 Å². The van der Waals surface area contributed by atoms with E-state index in [4.69, 9.17) is 33.7 Å². The molecule has 2 aromatic carbocycles. The monoisotopic (exact) mass is 766 g/mol. The summed E-state index contributed by atoms with van der Waals surface area (Å²) in [7, 11) is 3.09. The average Bonchev–Trinajstić information content (AvgIpc) is 3.15. The number of fused-ring (bicyclic) bond motifs is 2. The predicted molar refractivity (Wildman–Crippen MR) is 213 cm³/mol. The Labute approximate surface area is 324 Å². The van der Waals surface area contributed by atoms with Crippen molar-refractivity contribution in [2.75, 3.05) is 45.1 Å². The first-order valence-corrected chi connectivity index (χ1v) is 20.2. The lowest BCUT2D eigenvalue weighted by Crippen LogP contribution is -2.64. The first-order chi connectivity index (χ1) is 26.0. The largest absolute Gasteiger partial charge is 0.497 e. The lowest BCUT2D eigenvalue weighted by atomic mass is 9.56. The molecule has 6 atom stereocenters. The van der Waals surface area contributed by atoms with Crippen LogP contribution in [-0.4, -0.2) is 78.4 Å². The van der Waals surface area contributed by atoms with Crippen LogP contribution in [0.4, 0.5) is 10.5 Å². The number of anilines is 1.